The molecule has 0 N–H and O–H groups in total. The Bertz CT molecular complexity index is 747. The molecule has 25 heavy (non-hydrogen) atoms. The van der Waals surface area contributed by atoms with Crippen LogP contribution in [0, 0.1) is 13.8 Å². The molecule has 0 radical (unpaired) electrons. The van der Waals surface area contributed by atoms with Gasteiger partial charge in [0.1, 0.15) is 18.4 Å². The molecule has 1 aliphatic heterocycles. The summed E-state index contributed by atoms with van der Waals surface area (Å²) in [5.41, 5.74) is 1.94. The standard InChI is InChI=1S/C15H16N4O2.C2H6.CH2O/c1-9-7-11(20-4)5-6-12(9)15-18-19(3)14-13(21-15)8-16-10(2)17-14;2*1-2/h5-8H,1-4H3;1-2H3;1H2. The van der Waals surface area contributed by atoms with Gasteiger partial charge in [0.25, 0.3) is 0 Å². The van der Waals surface area contributed by atoms with Crippen LogP contribution in [-0.2, 0) is 4.79 Å². The lowest BCUT2D eigenvalue weighted by Gasteiger charge is -2.23. The highest BCUT2D eigenvalue weighted by Gasteiger charge is 2.22. The third-order valence-electron chi connectivity index (χ3n) is 3.27. The number of hydrazone groups is 1. The van der Waals surface area contributed by atoms with Gasteiger partial charge in [0.2, 0.25) is 5.90 Å². The lowest BCUT2D eigenvalue weighted by atomic mass is 10.1. The maximum Gasteiger partial charge on any atom is 0.244 e. The largest absolute Gasteiger partial charge is 0.497 e. The van der Waals surface area contributed by atoms with E-state index in [-0.39, 0.29) is 0 Å². The van der Waals surface area contributed by atoms with Crippen molar-refractivity contribution in [1.82, 2.24) is 9.97 Å². The van der Waals surface area contributed by atoms with E-state index in [2.05, 4.69) is 15.1 Å². The summed E-state index contributed by atoms with van der Waals surface area (Å²) in [5.74, 6) is 3.28. The summed E-state index contributed by atoms with van der Waals surface area (Å²) in [5, 5.41) is 6.15. The molecule has 0 aliphatic carbocycles. The number of ether oxygens (including phenoxy) is 2. The Morgan fingerprint density at radius 1 is 1.20 bits per heavy atom. The topological polar surface area (TPSA) is 76.9 Å². The number of hydrogen-bond acceptors (Lipinski definition) is 7. The lowest BCUT2D eigenvalue weighted by molar-refractivity contribution is -0.0979. The number of carbonyl (C=O) groups is 1. The summed E-state index contributed by atoms with van der Waals surface area (Å²) in [6.45, 7) is 9.83. The number of aryl methyl sites for hydroxylation is 2. The van der Waals surface area contributed by atoms with Crippen LogP contribution in [0.2, 0.25) is 0 Å². The Labute approximate surface area is 148 Å². The number of anilines is 1. The van der Waals surface area contributed by atoms with Gasteiger partial charge in [-0.25, -0.2) is 15.0 Å². The zero-order chi connectivity index (χ0) is 19.0. The zero-order valence-corrected chi connectivity index (χ0v) is 15.5. The second-order valence-corrected chi connectivity index (χ2v) is 4.82. The Morgan fingerprint density at radius 2 is 1.88 bits per heavy atom. The zero-order valence-electron chi connectivity index (χ0n) is 15.5. The van der Waals surface area contributed by atoms with E-state index < -0.39 is 0 Å². The van der Waals surface area contributed by atoms with Crippen molar-refractivity contribution in [3.8, 4) is 11.5 Å². The third-order valence-corrected chi connectivity index (χ3v) is 3.27. The lowest BCUT2D eigenvalue weighted by Crippen LogP contribution is -2.26. The van der Waals surface area contributed by atoms with Crippen molar-refractivity contribution >= 4 is 18.5 Å². The number of hydrogen-bond donors (Lipinski definition) is 0. The van der Waals surface area contributed by atoms with Crippen LogP contribution in [0.3, 0.4) is 0 Å². The van der Waals surface area contributed by atoms with Crippen LogP contribution >= 0.6 is 0 Å². The van der Waals surface area contributed by atoms with Gasteiger partial charge in [-0.05, 0) is 37.6 Å². The molecule has 134 valence electrons. The van der Waals surface area contributed by atoms with E-state index in [1.54, 1.807) is 18.3 Å². The molecule has 0 saturated heterocycles. The van der Waals surface area contributed by atoms with Gasteiger partial charge in [0, 0.05) is 12.6 Å². The van der Waals surface area contributed by atoms with Crippen molar-refractivity contribution in [3.63, 3.8) is 0 Å². The molecule has 3 rings (SSSR count). The number of aromatic nitrogens is 2. The van der Waals surface area contributed by atoms with E-state index in [9.17, 15) is 0 Å². The van der Waals surface area contributed by atoms with E-state index in [0.29, 0.717) is 23.3 Å². The molecule has 0 fully saturated rings. The first-order chi connectivity index (χ1) is 12.1. The van der Waals surface area contributed by atoms with E-state index >= 15 is 0 Å². The number of rotatable bonds is 2. The van der Waals surface area contributed by atoms with Crippen LogP contribution in [0.1, 0.15) is 30.8 Å². The molecule has 0 unspecified atom stereocenters. The molecule has 0 amide bonds. The van der Waals surface area contributed by atoms with Gasteiger partial charge in [-0.3, -0.25) is 0 Å². The molecule has 1 aliphatic rings. The molecule has 1 aromatic heterocycles. The van der Waals surface area contributed by atoms with Crippen molar-refractivity contribution in [3.05, 3.63) is 41.3 Å². The van der Waals surface area contributed by atoms with Gasteiger partial charge in [-0.2, -0.15) is 0 Å². The van der Waals surface area contributed by atoms with Crippen molar-refractivity contribution in [1.29, 1.82) is 0 Å². The molecule has 0 saturated carbocycles. The first kappa shape index (κ1) is 20.1. The number of fused-ring (bicyclic) bond motifs is 1. The van der Waals surface area contributed by atoms with Gasteiger partial charge >= 0.3 is 0 Å². The summed E-state index contributed by atoms with van der Waals surface area (Å²) >= 11 is 0. The highest BCUT2D eigenvalue weighted by molar-refractivity contribution is 5.99. The fourth-order valence-electron chi connectivity index (χ4n) is 2.17. The third kappa shape index (κ3) is 4.53. The van der Waals surface area contributed by atoms with Gasteiger partial charge in [0.05, 0.1) is 13.3 Å². The maximum absolute atomic E-state index is 8.00. The van der Waals surface area contributed by atoms with E-state index in [1.165, 1.54) is 0 Å². The van der Waals surface area contributed by atoms with E-state index in [1.807, 2.05) is 59.7 Å². The summed E-state index contributed by atoms with van der Waals surface area (Å²) < 4.78 is 11.1. The van der Waals surface area contributed by atoms with Gasteiger partial charge in [-0.15, -0.1) is 5.10 Å². The van der Waals surface area contributed by atoms with Gasteiger partial charge < -0.3 is 14.3 Å². The van der Waals surface area contributed by atoms with Gasteiger partial charge in [0.15, 0.2) is 11.6 Å². The Hall–Kier alpha value is -2.96. The fraction of sp³-hybridized carbons (Fsp3) is 0.333. The summed E-state index contributed by atoms with van der Waals surface area (Å²) in [6, 6.07) is 5.76. The monoisotopic (exact) mass is 344 g/mol. The Kier molecular flexibility index (Phi) is 7.52. The SMILES string of the molecule is C=O.CC.COc1ccc(C2=NN(C)c3nc(C)ncc3O2)c(C)c1. The predicted octanol–water partition coefficient (Wildman–Crippen LogP) is 3.13. The second-order valence-electron chi connectivity index (χ2n) is 4.82. The molecule has 7 nitrogen and oxygen atoms in total. The summed E-state index contributed by atoms with van der Waals surface area (Å²) in [7, 11) is 3.49. The van der Waals surface area contributed by atoms with Crippen molar-refractivity contribution in [2.24, 2.45) is 5.10 Å². The number of carbonyl (C=O) groups excluding carboxylic acids is 1. The van der Waals surface area contributed by atoms with Crippen LogP contribution in [0.25, 0.3) is 0 Å². The highest BCUT2D eigenvalue weighted by Crippen LogP contribution is 2.30. The van der Waals surface area contributed by atoms with Crippen LogP contribution in [0.4, 0.5) is 5.82 Å². The maximum atomic E-state index is 8.00. The molecule has 7 heteroatoms. The molecular formula is C18H24N4O3. The van der Waals surface area contributed by atoms with Crippen molar-refractivity contribution < 1.29 is 14.3 Å². The number of benzene rings is 1. The highest BCUT2D eigenvalue weighted by atomic mass is 16.5. The number of nitrogens with zero attached hydrogens (tertiary/aromatic N) is 4. The minimum absolute atomic E-state index is 0.526. The summed E-state index contributed by atoms with van der Waals surface area (Å²) in [6.07, 6.45) is 1.67. The predicted molar refractivity (Wildman–Crippen MR) is 98.5 cm³/mol. The average molecular weight is 344 g/mol. The average Bonchev–Trinajstić information content (AvgIpc) is 2.65. The van der Waals surface area contributed by atoms with Crippen LogP contribution in [0.15, 0.2) is 29.5 Å². The van der Waals surface area contributed by atoms with Crippen LogP contribution < -0.4 is 14.5 Å². The quantitative estimate of drug-likeness (QED) is 0.833. The van der Waals surface area contributed by atoms with Crippen LogP contribution in [0.5, 0.6) is 11.5 Å². The second kappa shape index (κ2) is 9.36. The smallest absolute Gasteiger partial charge is 0.244 e. The summed E-state index contributed by atoms with van der Waals surface area (Å²) in [4.78, 5) is 16.5. The first-order valence-corrected chi connectivity index (χ1v) is 7.86. The van der Waals surface area contributed by atoms with Crippen LogP contribution in [-0.4, -0.2) is 36.8 Å². The Morgan fingerprint density at radius 3 is 2.48 bits per heavy atom. The fourth-order valence-corrected chi connectivity index (χ4v) is 2.17. The minimum Gasteiger partial charge on any atom is -0.497 e. The van der Waals surface area contributed by atoms with Crippen molar-refractivity contribution in [2.45, 2.75) is 27.7 Å². The minimum atomic E-state index is 0.526. The van der Waals surface area contributed by atoms with Crippen molar-refractivity contribution in [2.75, 3.05) is 19.2 Å². The molecule has 1 aromatic carbocycles. The molecule has 0 atom stereocenters. The molecule has 2 heterocycles. The first-order valence-electron chi connectivity index (χ1n) is 7.86. The molecule has 2 aromatic rings. The van der Waals surface area contributed by atoms with E-state index in [4.69, 9.17) is 14.3 Å². The van der Waals surface area contributed by atoms with Gasteiger partial charge in [-0.1, -0.05) is 13.8 Å². The molecule has 0 spiro atoms. The van der Waals surface area contributed by atoms with E-state index in [0.717, 1.165) is 16.9 Å². The Balaban J connectivity index is 0.000000730. The normalized spacial score (nSPS) is 11.6. The molecule has 0 bridgehead atoms. The number of methoxy groups -OCH3 is 1. The molecular weight excluding hydrogens is 320 g/mol.